The second kappa shape index (κ2) is 9.47. The summed E-state index contributed by atoms with van der Waals surface area (Å²) in [5.74, 6) is 0.0591. The molecule has 8 nitrogen and oxygen atoms in total. The van der Waals surface area contributed by atoms with E-state index in [0.29, 0.717) is 22.6 Å². The van der Waals surface area contributed by atoms with E-state index in [1.807, 2.05) is 30.3 Å². The van der Waals surface area contributed by atoms with Gasteiger partial charge in [-0.3, -0.25) is 4.79 Å². The fraction of sp³-hybridized carbons (Fsp3) is 0.174. The van der Waals surface area contributed by atoms with Crippen LogP contribution < -0.4 is 4.74 Å². The van der Waals surface area contributed by atoms with Gasteiger partial charge in [-0.15, -0.1) is 10.2 Å². The van der Waals surface area contributed by atoms with E-state index in [1.165, 1.54) is 18.4 Å². The maximum Gasteiger partial charge on any atom is 0.316 e. The summed E-state index contributed by atoms with van der Waals surface area (Å²) in [5.41, 5.74) is 1.81. The molecule has 0 saturated heterocycles. The summed E-state index contributed by atoms with van der Waals surface area (Å²) < 4.78 is 41.8. The summed E-state index contributed by atoms with van der Waals surface area (Å²) in [5, 5.41) is 7.93. The number of thioether (sulfide) groups is 1. The minimum atomic E-state index is -0.630. The van der Waals surface area contributed by atoms with E-state index in [4.69, 9.17) is 23.0 Å². The summed E-state index contributed by atoms with van der Waals surface area (Å²) in [6.45, 7) is 0.0289. The molecule has 4 aromatic rings. The predicted molar refractivity (Wildman–Crippen MR) is 114 cm³/mol. The van der Waals surface area contributed by atoms with Crippen molar-refractivity contribution in [1.29, 1.82) is 0 Å². The summed E-state index contributed by atoms with van der Waals surface area (Å²) in [6, 6.07) is 15.4. The molecule has 2 aromatic heterocycles. The Morgan fingerprint density at radius 1 is 1.15 bits per heavy atom. The van der Waals surface area contributed by atoms with E-state index in [9.17, 15) is 9.18 Å². The van der Waals surface area contributed by atoms with Crippen LogP contribution in [-0.2, 0) is 27.5 Å². The molecule has 1 aliphatic rings. The number of furan rings is 1. The molecule has 1 atom stereocenters. The minimum Gasteiger partial charge on any atom is -0.460 e. The topological polar surface area (TPSA) is 96.8 Å². The van der Waals surface area contributed by atoms with E-state index in [1.54, 1.807) is 12.1 Å². The highest BCUT2D eigenvalue weighted by molar-refractivity contribution is 7.99. The summed E-state index contributed by atoms with van der Waals surface area (Å²) >= 11 is 1.03. The van der Waals surface area contributed by atoms with Crippen molar-refractivity contribution in [2.24, 2.45) is 0 Å². The van der Waals surface area contributed by atoms with Gasteiger partial charge in [0, 0.05) is 16.7 Å². The lowest BCUT2D eigenvalue weighted by molar-refractivity contribution is -0.142. The van der Waals surface area contributed by atoms with Crippen molar-refractivity contribution in [3.05, 3.63) is 83.4 Å². The van der Waals surface area contributed by atoms with Crippen LogP contribution in [0.3, 0.4) is 0 Å². The highest BCUT2D eigenvalue weighted by Gasteiger charge is 2.25. The Labute approximate surface area is 191 Å². The molecule has 5 rings (SSSR count). The van der Waals surface area contributed by atoms with Crippen LogP contribution in [-0.4, -0.2) is 21.9 Å². The van der Waals surface area contributed by atoms with Crippen LogP contribution in [0.4, 0.5) is 4.39 Å². The molecule has 0 bridgehead atoms. The number of hydrogen-bond donors (Lipinski definition) is 0. The van der Waals surface area contributed by atoms with Crippen LogP contribution in [0.25, 0.3) is 11.7 Å². The number of nitrogens with zero attached hydrogens (tertiary/aromatic N) is 2. The van der Waals surface area contributed by atoms with Gasteiger partial charge >= 0.3 is 5.97 Å². The number of carbonyl (C=O) groups is 1. The van der Waals surface area contributed by atoms with Gasteiger partial charge in [-0.05, 0) is 24.3 Å². The van der Waals surface area contributed by atoms with Crippen molar-refractivity contribution in [2.75, 3.05) is 5.75 Å². The van der Waals surface area contributed by atoms with Crippen molar-refractivity contribution in [1.82, 2.24) is 10.2 Å². The van der Waals surface area contributed by atoms with Crippen molar-refractivity contribution >= 4 is 17.7 Å². The molecule has 0 saturated carbocycles. The average molecular weight is 468 g/mol. The zero-order chi connectivity index (χ0) is 22.6. The van der Waals surface area contributed by atoms with Crippen molar-refractivity contribution in [3.8, 4) is 17.4 Å². The van der Waals surface area contributed by atoms with E-state index in [0.717, 1.165) is 17.3 Å². The quantitative estimate of drug-likeness (QED) is 0.277. The molecular weight excluding hydrogens is 451 g/mol. The Morgan fingerprint density at radius 3 is 2.85 bits per heavy atom. The molecule has 0 amide bonds. The van der Waals surface area contributed by atoms with Gasteiger partial charge < -0.3 is 23.0 Å². The van der Waals surface area contributed by atoms with Gasteiger partial charge in [-0.25, -0.2) is 4.39 Å². The van der Waals surface area contributed by atoms with E-state index < -0.39 is 18.1 Å². The molecule has 0 spiro atoms. The van der Waals surface area contributed by atoms with Crippen LogP contribution >= 0.6 is 11.8 Å². The number of benzene rings is 2. The minimum absolute atomic E-state index is 0.0616. The van der Waals surface area contributed by atoms with Gasteiger partial charge in [0.2, 0.25) is 6.29 Å². The van der Waals surface area contributed by atoms with Crippen molar-refractivity contribution in [3.63, 3.8) is 0 Å². The Hall–Kier alpha value is -3.63. The third-order valence-electron chi connectivity index (χ3n) is 4.73. The fourth-order valence-corrected chi connectivity index (χ4v) is 3.81. The molecule has 33 heavy (non-hydrogen) atoms. The number of aromatic nitrogens is 2. The fourth-order valence-electron chi connectivity index (χ4n) is 3.25. The molecular formula is C23H17FN2O6S. The molecule has 168 valence electrons. The number of rotatable bonds is 7. The van der Waals surface area contributed by atoms with Gasteiger partial charge in [-0.2, -0.15) is 0 Å². The maximum absolute atomic E-state index is 14.1. The third kappa shape index (κ3) is 4.91. The standard InChI is InChI=1S/C23H17FN2O6S/c24-17-9-15(20-16(10-17)12-30-22(31-20)14-5-2-1-3-6-14)11-29-19(27)13-33-23-26-25-21(32-23)18-7-4-8-28-18/h1-10,22H,11-13H2/t22-/m1/s1. The number of ether oxygens (including phenoxy) is 3. The average Bonchev–Trinajstić information content (AvgIpc) is 3.53. The number of fused-ring (bicyclic) bond motifs is 1. The van der Waals surface area contributed by atoms with Crippen LogP contribution in [0.5, 0.6) is 5.75 Å². The maximum atomic E-state index is 14.1. The predicted octanol–water partition coefficient (Wildman–Crippen LogP) is 4.91. The molecule has 0 fully saturated rings. The first-order valence-corrected chi connectivity index (χ1v) is 10.9. The molecule has 3 heterocycles. The lowest BCUT2D eigenvalue weighted by atomic mass is 10.1. The third-order valence-corrected chi connectivity index (χ3v) is 5.53. The highest BCUT2D eigenvalue weighted by Crippen LogP contribution is 2.37. The van der Waals surface area contributed by atoms with Crippen LogP contribution in [0.15, 0.2) is 74.9 Å². The number of halogens is 1. The lowest BCUT2D eigenvalue weighted by Gasteiger charge is -2.28. The van der Waals surface area contributed by atoms with Crippen LogP contribution in [0.2, 0.25) is 0 Å². The molecule has 2 aromatic carbocycles. The number of carbonyl (C=O) groups excluding carboxylic acids is 1. The Morgan fingerprint density at radius 2 is 2.03 bits per heavy atom. The summed E-state index contributed by atoms with van der Waals surface area (Å²) in [7, 11) is 0. The molecule has 0 N–H and O–H groups in total. The molecule has 0 unspecified atom stereocenters. The first-order valence-electron chi connectivity index (χ1n) is 9.96. The van der Waals surface area contributed by atoms with Gasteiger partial charge in [0.05, 0.1) is 12.9 Å². The molecule has 1 aliphatic heterocycles. The second-order valence-corrected chi connectivity index (χ2v) is 7.95. The zero-order valence-electron chi connectivity index (χ0n) is 17.1. The monoisotopic (exact) mass is 468 g/mol. The summed E-state index contributed by atoms with van der Waals surface area (Å²) in [6.07, 6.45) is 0.863. The SMILES string of the molecule is O=C(CSc1nnc(-c2ccco2)o1)OCc1cc(F)cc2c1O[C@H](c1ccccc1)OC2. The smallest absolute Gasteiger partial charge is 0.316 e. The Balaban J connectivity index is 1.21. The largest absolute Gasteiger partial charge is 0.460 e. The second-order valence-electron chi connectivity index (χ2n) is 7.02. The summed E-state index contributed by atoms with van der Waals surface area (Å²) in [4.78, 5) is 12.3. The van der Waals surface area contributed by atoms with Gasteiger partial charge in [0.1, 0.15) is 23.9 Å². The van der Waals surface area contributed by atoms with Gasteiger partial charge in [0.15, 0.2) is 5.76 Å². The van der Waals surface area contributed by atoms with Crippen molar-refractivity contribution in [2.45, 2.75) is 24.7 Å². The number of hydrogen-bond acceptors (Lipinski definition) is 9. The Kier molecular flexibility index (Phi) is 6.09. The zero-order valence-corrected chi connectivity index (χ0v) is 17.9. The lowest BCUT2D eigenvalue weighted by Crippen LogP contribution is -2.20. The van der Waals surface area contributed by atoms with E-state index in [-0.39, 0.29) is 30.1 Å². The van der Waals surface area contributed by atoms with Crippen LogP contribution in [0.1, 0.15) is 23.0 Å². The van der Waals surface area contributed by atoms with Crippen molar-refractivity contribution < 1.29 is 32.2 Å². The first kappa shape index (κ1) is 21.2. The van der Waals surface area contributed by atoms with Crippen LogP contribution in [0, 0.1) is 5.82 Å². The number of esters is 1. The van der Waals surface area contributed by atoms with E-state index >= 15 is 0 Å². The molecule has 0 radical (unpaired) electrons. The Bertz CT molecular complexity index is 1250. The highest BCUT2D eigenvalue weighted by atomic mass is 32.2. The van der Waals surface area contributed by atoms with E-state index in [2.05, 4.69) is 10.2 Å². The van der Waals surface area contributed by atoms with Gasteiger partial charge in [0.25, 0.3) is 11.1 Å². The first-order chi connectivity index (χ1) is 16.2. The molecule has 0 aliphatic carbocycles. The van der Waals surface area contributed by atoms with Gasteiger partial charge in [-0.1, -0.05) is 42.1 Å². The normalized spacial score (nSPS) is 15.0. The molecule has 10 heteroatoms.